The van der Waals surface area contributed by atoms with Crippen LogP contribution in [0.1, 0.15) is 70.5 Å². The van der Waals surface area contributed by atoms with E-state index in [1.165, 1.54) is 6.20 Å². The predicted octanol–water partition coefficient (Wildman–Crippen LogP) is 4.50. The number of halogens is 2. The van der Waals surface area contributed by atoms with Crippen molar-refractivity contribution in [3.8, 4) is 0 Å². The van der Waals surface area contributed by atoms with Gasteiger partial charge in [-0.05, 0) is 67.6 Å². The number of aliphatic hydroxyl groups is 3. The third kappa shape index (κ3) is 3.64. The summed E-state index contributed by atoms with van der Waals surface area (Å²) in [6.45, 7) is 3.05. The Balaban J connectivity index is 1.67. The number of amides is 1. The molecule has 0 spiro atoms. The second kappa shape index (κ2) is 8.74. The predicted molar refractivity (Wildman–Crippen MR) is 142 cm³/mol. The van der Waals surface area contributed by atoms with Crippen LogP contribution in [0.3, 0.4) is 0 Å². The number of fused-ring (bicyclic) bond motifs is 2. The van der Waals surface area contributed by atoms with Crippen molar-refractivity contribution in [3.63, 3.8) is 0 Å². The summed E-state index contributed by atoms with van der Waals surface area (Å²) in [4.78, 5) is 20.4. The lowest BCUT2D eigenvalue weighted by Crippen LogP contribution is -2.50. The first-order valence-corrected chi connectivity index (χ1v) is 13.3. The van der Waals surface area contributed by atoms with Gasteiger partial charge in [-0.1, -0.05) is 41.4 Å². The number of carbonyl (C=O) groups excluding carboxylic acids is 1. The first kappa shape index (κ1) is 25.7. The first-order valence-electron chi connectivity index (χ1n) is 12.5. The number of ether oxygens (including phenoxy) is 1. The third-order valence-electron chi connectivity index (χ3n) is 8.26. The zero-order valence-corrected chi connectivity index (χ0v) is 22.5. The van der Waals surface area contributed by atoms with Gasteiger partial charge in [0.2, 0.25) is 0 Å². The Bertz CT molecular complexity index is 1420. The second-order valence-corrected chi connectivity index (χ2v) is 11.9. The fourth-order valence-corrected chi connectivity index (χ4v) is 6.32. The zero-order valence-electron chi connectivity index (χ0n) is 21.0. The highest BCUT2D eigenvalue weighted by molar-refractivity contribution is 6.30. The topological polar surface area (TPSA) is 103 Å². The van der Waals surface area contributed by atoms with Crippen LogP contribution in [-0.4, -0.2) is 50.9 Å². The monoisotopic (exact) mass is 554 g/mol. The minimum Gasteiger partial charge on any atom is -0.396 e. The van der Waals surface area contributed by atoms with Gasteiger partial charge in [0, 0.05) is 33.3 Å². The molecule has 6 rings (SSSR count). The Morgan fingerprint density at radius 1 is 1.13 bits per heavy atom. The maximum absolute atomic E-state index is 14.4. The highest BCUT2D eigenvalue weighted by Crippen LogP contribution is 2.66. The molecule has 4 atom stereocenters. The van der Waals surface area contributed by atoms with Crippen LogP contribution in [0.2, 0.25) is 10.0 Å². The molecule has 3 aromatic rings. The van der Waals surface area contributed by atoms with E-state index in [0.717, 1.165) is 5.56 Å². The van der Waals surface area contributed by atoms with E-state index < -0.39 is 29.4 Å². The van der Waals surface area contributed by atoms with Crippen molar-refractivity contribution < 1.29 is 24.9 Å². The molecule has 1 saturated carbocycles. The van der Waals surface area contributed by atoms with Crippen LogP contribution in [0.15, 0.2) is 54.7 Å². The lowest BCUT2D eigenvalue weighted by atomic mass is 9.83. The molecule has 198 valence electrons. The lowest BCUT2D eigenvalue weighted by molar-refractivity contribution is -0.141. The molecule has 7 nitrogen and oxygen atoms in total. The van der Waals surface area contributed by atoms with E-state index in [-0.39, 0.29) is 25.0 Å². The maximum atomic E-state index is 14.4. The summed E-state index contributed by atoms with van der Waals surface area (Å²) in [7, 11) is 0. The molecule has 1 aromatic heterocycles. The molecule has 38 heavy (non-hydrogen) atoms. The van der Waals surface area contributed by atoms with Crippen molar-refractivity contribution in [2.75, 3.05) is 19.8 Å². The summed E-state index contributed by atoms with van der Waals surface area (Å²) in [6, 6.07) is 13.2. The summed E-state index contributed by atoms with van der Waals surface area (Å²) < 4.78 is 6.80. The van der Waals surface area contributed by atoms with Crippen molar-refractivity contribution >= 4 is 29.1 Å². The van der Waals surface area contributed by atoms with E-state index in [2.05, 4.69) is 4.98 Å². The number of nitrogens with zero attached hydrogens (tertiary/aromatic N) is 2. The SMILES string of the molecule is CC(C)(O)c1cc2c3c(c1)C1CC1(CO)CO[C@@]3(c1ccc(Cl)cc1)N([C@@H](CO)c1ccc(Cl)cn1)C2=O. The minimum atomic E-state index is -1.42. The van der Waals surface area contributed by atoms with Crippen molar-refractivity contribution in [1.29, 1.82) is 0 Å². The van der Waals surface area contributed by atoms with Gasteiger partial charge < -0.3 is 20.1 Å². The number of rotatable bonds is 6. The molecule has 2 aliphatic heterocycles. The number of pyridine rings is 1. The van der Waals surface area contributed by atoms with E-state index in [0.29, 0.717) is 44.4 Å². The Morgan fingerprint density at radius 3 is 2.45 bits per heavy atom. The Hall–Kier alpha value is -2.52. The average Bonchev–Trinajstić information content (AvgIpc) is 3.59. The van der Waals surface area contributed by atoms with Gasteiger partial charge in [-0.2, -0.15) is 0 Å². The maximum Gasteiger partial charge on any atom is 0.257 e. The van der Waals surface area contributed by atoms with Gasteiger partial charge in [0.05, 0.1) is 36.1 Å². The number of aliphatic hydroxyl groups excluding tert-OH is 2. The molecule has 2 unspecified atom stereocenters. The Labute approximate surface area is 230 Å². The fourth-order valence-electron chi connectivity index (χ4n) is 6.09. The normalized spacial score (nSPS) is 26.6. The largest absolute Gasteiger partial charge is 0.396 e. The standard InChI is InChI=1S/C29H28Cl2N2O5/c1-27(2,37)17-9-20-22-11-28(22,14-35)15-38-29(16-3-5-18(30)6-4-16)25(20)21(10-17)26(36)33(29)24(13-34)23-8-7-19(31)12-32-23/h3-10,12,22,24,34-35,37H,11,13-15H2,1-2H3/t22?,24-,28?,29+/m0/s1. The molecule has 3 N–H and O–H groups in total. The van der Waals surface area contributed by atoms with E-state index >= 15 is 0 Å². The van der Waals surface area contributed by atoms with Crippen molar-refractivity contribution in [2.24, 2.45) is 5.41 Å². The Morgan fingerprint density at radius 2 is 1.84 bits per heavy atom. The Kier molecular flexibility index (Phi) is 5.92. The van der Waals surface area contributed by atoms with Crippen molar-refractivity contribution in [3.05, 3.63) is 98.3 Å². The van der Waals surface area contributed by atoms with Crippen LogP contribution >= 0.6 is 23.2 Å². The minimum absolute atomic E-state index is 0.0493. The van der Waals surface area contributed by atoms with Gasteiger partial charge in [-0.15, -0.1) is 0 Å². The summed E-state index contributed by atoms with van der Waals surface area (Å²) in [6.07, 6.45) is 2.18. The number of aromatic nitrogens is 1. The molecule has 3 heterocycles. The third-order valence-corrected chi connectivity index (χ3v) is 8.74. The fraction of sp³-hybridized carbons (Fsp3) is 0.379. The summed E-state index contributed by atoms with van der Waals surface area (Å²) in [5.74, 6) is -0.401. The molecule has 3 aliphatic rings. The van der Waals surface area contributed by atoms with Gasteiger partial charge in [0.1, 0.15) is 6.04 Å². The molecular formula is C29H28Cl2N2O5. The van der Waals surface area contributed by atoms with Crippen LogP contribution in [-0.2, 0) is 16.1 Å². The molecule has 1 fully saturated rings. The van der Waals surface area contributed by atoms with Crippen molar-refractivity contribution in [1.82, 2.24) is 9.88 Å². The van der Waals surface area contributed by atoms with E-state index in [1.54, 1.807) is 49.1 Å². The smallest absolute Gasteiger partial charge is 0.257 e. The summed E-state index contributed by atoms with van der Waals surface area (Å²) in [5, 5.41) is 33.0. The molecule has 9 heteroatoms. The van der Waals surface area contributed by atoms with Crippen LogP contribution in [0.4, 0.5) is 0 Å². The van der Waals surface area contributed by atoms with E-state index in [1.807, 2.05) is 18.2 Å². The average molecular weight is 555 g/mol. The summed E-state index contributed by atoms with van der Waals surface area (Å²) >= 11 is 12.3. The quantitative estimate of drug-likeness (QED) is 0.414. The number of carbonyl (C=O) groups is 1. The van der Waals surface area contributed by atoms with E-state index in [4.69, 9.17) is 27.9 Å². The van der Waals surface area contributed by atoms with Gasteiger partial charge in [-0.25, -0.2) is 0 Å². The molecular weight excluding hydrogens is 527 g/mol. The van der Waals surface area contributed by atoms with Crippen LogP contribution in [0, 0.1) is 5.41 Å². The highest BCUT2D eigenvalue weighted by atomic mass is 35.5. The molecule has 0 saturated heterocycles. The first-order chi connectivity index (χ1) is 18.1. The highest BCUT2D eigenvalue weighted by Gasteiger charge is 2.65. The second-order valence-electron chi connectivity index (χ2n) is 11.0. The van der Waals surface area contributed by atoms with Gasteiger partial charge in [0.25, 0.3) is 5.91 Å². The number of hydrogen-bond donors (Lipinski definition) is 3. The number of benzene rings is 2. The molecule has 1 amide bonds. The van der Waals surface area contributed by atoms with Crippen LogP contribution in [0.5, 0.6) is 0 Å². The van der Waals surface area contributed by atoms with Crippen LogP contribution in [0.25, 0.3) is 0 Å². The molecule has 1 aliphatic carbocycles. The molecule has 0 bridgehead atoms. The van der Waals surface area contributed by atoms with Crippen LogP contribution < -0.4 is 0 Å². The summed E-state index contributed by atoms with van der Waals surface area (Å²) in [5.41, 5.74) is 0.492. The van der Waals surface area contributed by atoms with E-state index in [9.17, 15) is 20.1 Å². The lowest BCUT2D eigenvalue weighted by Gasteiger charge is -2.43. The van der Waals surface area contributed by atoms with Crippen molar-refractivity contribution in [2.45, 2.75) is 43.6 Å². The molecule has 2 aromatic carbocycles. The zero-order chi connectivity index (χ0) is 27.0. The van der Waals surface area contributed by atoms with Gasteiger partial charge in [-0.3, -0.25) is 14.7 Å². The molecule has 0 radical (unpaired) electrons. The number of hydrogen-bond acceptors (Lipinski definition) is 6. The van der Waals surface area contributed by atoms with Gasteiger partial charge in [0.15, 0.2) is 5.72 Å². The van der Waals surface area contributed by atoms with Gasteiger partial charge >= 0.3 is 0 Å².